The van der Waals surface area contributed by atoms with Crippen LogP contribution in [0.5, 0.6) is 0 Å². The number of sulfonamides is 1. The van der Waals surface area contributed by atoms with Crippen molar-refractivity contribution >= 4 is 38.9 Å². The van der Waals surface area contributed by atoms with Crippen LogP contribution in [0, 0.1) is 5.92 Å². The average Bonchev–Trinajstić information content (AvgIpc) is 2.75. The van der Waals surface area contributed by atoms with Crippen LogP contribution in [0.15, 0.2) is 10.4 Å². The van der Waals surface area contributed by atoms with E-state index in [2.05, 4.69) is 9.72 Å². The van der Waals surface area contributed by atoms with E-state index in [1.54, 1.807) is 6.92 Å². The highest BCUT2D eigenvalue weighted by Gasteiger charge is 2.27. The maximum Gasteiger partial charge on any atom is 0.309 e. The van der Waals surface area contributed by atoms with Crippen LogP contribution in [0.4, 0.5) is 0 Å². The molecule has 1 heterocycles. The molecule has 0 saturated carbocycles. The summed E-state index contributed by atoms with van der Waals surface area (Å²) in [4.78, 5) is 14.9. The highest BCUT2D eigenvalue weighted by atomic mass is 35.5. The van der Waals surface area contributed by atoms with Crippen molar-refractivity contribution < 1.29 is 17.9 Å². The summed E-state index contributed by atoms with van der Waals surface area (Å²) in [5.41, 5.74) is 0. The molecule has 1 aromatic heterocycles. The Labute approximate surface area is 115 Å². The molecule has 1 rings (SSSR count). The monoisotopic (exact) mass is 312 g/mol. The van der Waals surface area contributed by atoms with Gasteiger partial charge in [-0.3, -0.25) is 4.79 Å². The summed E-state index contributed by atoms with van der Waals surface area (Å²) >= 11 is 6.47. The molecule has 1 atom stereocenters. The van der Waals surface area contributed by atoms with Gasteiger partial charge in [-0.15, -0.1) is 0 Å². The molecule has 102 valence electrons. The number of halogens is 1. The minimum absolute atomic E-state index is 0.0323. The standard InChI is InChI=1S/C9H13ClN2O4S2/c1-6(8(13)16-3)5-12(2)18(14,15)7-4-11-9(10)17-7/h4,6H,5H2,1-3H3. The van der Waals surface area contributed by atoms with Gasteiger partial charge in [-0.1, -0.05) is 29.9 Å². The molecule has 0 aromatic carbocycles. The maximum atomic E-state index is 12.1. The van der Waals surface area contributed by atoms with E-state index in [1.165, 1.54) is 20.4 Å². The molecular weight excluding hydrogens is 300 g/mol. The van der Waals surface area contributed by atoms with Crippen LogP contribution in [-0.2, 0) is 19.6 Å². The molecule has 0 N–H and O–H groups in total. The van der Waals surface area contributed by atoms with Gasteiger partial charge in [-0.05, 0) is 0 Å². The normalized spacial score (nSPS) is 13.6. The van der Waals surface area contributed by atoms with Gasteiger partial charge in [-0.2, -0.15) is 4.31 Å². The summed E-state index contributed by atoms with van der Waals surface area (Å²) < 4.78 is 30.0. The fourth-order valence-corrected chi connectivity index (χ4v) is 4.04. The van der Waals surface area contributed by atoms with Crippen molar-refractivity contribution in [2.45, 2.75) is 11.1 Å². The van der Waals surface area contributed by atoms with Crippen molar-refractivity contribution in [1.29, 1.82) is 0 Å². The molecule has 0 aliphatic carbocycles. The van der Waals surface area contributed by atoms with Crippen LogP contribution < -0.4 is 0 Å². The Hall–Kier alpha value is -0.700. The number of hydrogen-bond donors (Lipinski definition) is 0. The zero-order valence-corrected chi connectivity index (χ0v) is 12.5. The molecule has 0 spiro atoms. The number of carbonyl (C=O) groups excluding carboxylic acids is 1. The van der Waals surface area contributed by atoms with Crippen LogP contribution in [-0.4, -0.2) is 44.4 Å². The lowest BCUT2D eigenvalue weighted by molar-refractivity contribution is -0.144. The predicted octanol–water partition coefficient (Wildman–Crippen LogP) is 1.23. The van der Waals surface area contributed by atoms with Gasteiger partial charge in [0.05, 0.1) is 19.2 Å². The van der Waals surface area contributed by atoms with Gasteiger partial charge in [0.1, 0.15) is 0 Å². The molecule has 1 aromatic rings. The summed E-state index contributed by atoms with van der Waals surface area (Å²) in [6, 6.07) is 0. The molecular formula is C9H13ClN2O4S2. The topological polar surface area (TPSA) is 76.6 Å². The number of esters is 1. The Morgan fingerprint density at radius 2 is 2.28 bits per heavy atom. The highest BCUT2D eigenvalue weighted by Crippen LogP contribution is 2.25. The smallest absolute Gasteiger partial charge is 0.309 e. The molecule has 0 bridgehead atoms. The molecule has 0 amide bonds. The van der Waals surface area contributed by atoms with Crippen LogP contribution in [0.1, 0.15) is 6.92 Å². The van der Waals surface area contributed by atoms with Crippen LogP contribution in [0.3, 0.4) is 0 Å². The van der Waals surface area contributed by atoms with Gasteiger partial charge in [-0.25, -0.2) is 13.4 Å². The first-order valence-electron chi connectivity index (χ1n) is 4.94. The minimum Gasteiger partial charge on any atom is -0.469 e. The lowest BCUT2D eigenvalue weighted by Gasteiger charge is -2.18. The molecule has 0 radical (unpaired) electrons. The SMILES string of the molecule is COC(=O)C(C)CN(C)S(=O)(=O)c1cnc(Cl)s1. The number of nitrogens with zero attached hydrogens (tertiary/aromatic N) is 2. The first-order chi connectivity index (χ1) is 8.28. The van der Waals surface area contributed by atoms with Crippen molar-refractivity contribution in [2.75, 3.05) is 20.7 Å². The van der Waals surface area contributed by atoms with E-state index >= 15 is 0 Å². The molecule has 0 saturated heterocycles. The molecule has 0 aliphatic heterocycles. The van der Waals surface area contributed by atoms with Gasteiger partial charge in [0.15, 0.2) is 8.68 Å². The fraction of sp³-hybridized carbons (Fsp3) is 0.556. The van der Waals surface area contributed by atoms with Gasteiger partial charge >= 0.3 is 5.97 Å². The second-order valence-electron chi connectivity index (χ2n) is 3.64. The minimum atomic E-state index is -3.66. The molecule has 18 heavy (non-hydrogen) atoms. The summed E-state index contributed by atoms with van der Waals surface area (Å²) in [6.07, 6.45) is 1.20. The Kier molecular flexibility index (Phi) is 5.09. The zero-order chi connectivity index (χ0) is 13.9. The largest absolute Gasteiger partial charge is 0.469 e. The Balaban J connectivity index is 2.83. The van der Waals surface area contributed by atoms with Crippen LogP contribution >= 0.6 is 22.9 Å². The molecule has 0 aliphatic rings. The molecule has 6 nitrogen and oxygen atoms in total. The van der Waals surface area contributed by atoms with Gasteiger partial charge in [0, 0.05) is 13.6 Å². The number of thiazole rings is 1. The number of hydrogen-bond acceptors (Lipinski definition) is 6. The lowest BCUT2D eigenvalue weighted by Crippen LogP contribution is -2.33. The van der Waals surface area contributed by atoms with E-state index in [0.717, 1.165) is 15.6 Å². The van der Waals surface area contributed by atoms with E-state index in [4.69, 9.17) is 11.6 Å². The summed E-state index contributed by atoms with van der Waals surface area (Å²) in [5.74, 6) is -1.00. The summed E-state index contributed by atoms with van der Waals surface area (Å²) in [6.45, 7) is 1.63. The quantitative estimate of drug-likeness (QED) is 0.764. The third kappa shape index (κ3) is 3.41. The van der Waals surface area contributed by atoms with Gasteiger partial charge < -0.3 is 4.74 Å². The maximum absolute atomic E-state index is 12.1. The Bertz CT molecular complexity index is 528. The van der Waals surface area contributed by atoms with Crippen LogP contribution in [0.2, 0.25) is 4.47 Å². The summed E-state index contributed by atoms with van der Waals surface area (Å²) in [7, 11) is -1.01. The second-order valence-corrected chi connectivity index (χ2v) is 7.53. The Morgan fingerprint density at radius 3 is 2.72 bits per heavy atom. The Morgan fingerprint density at radius 1 is 1.67 bits per heavy atom. The van der Waals surface area contributed by atoms with Crippen molar-refractivity contribution in [2.24, 2.45) is 5.92 Å². The molecule has 0 fully saturated rings. The molecule has 9 heteroatoms. The number of aromatic nitrogens is 1. The van der Waals surface area contributed by atoms with E-state index < -0.39 is 21.9 Å². The van der Waals surface area contributed by atoms with E-state index in [9.17, 15) is 13.2 Å². The number of methoxy groups -OCH3 is 1. The van der Waals surface area contributed by atoms with E-state index in [0.29, 0.717) is 0 Å². The third-order valence-electron chi connectivity index (χ3n) is 2.26. The van der Waals surface area contributed by atoms with Gasteiger partial charge in [0.2, 0.25) is 0 Å². The van der Waals surface area contributed by atoms with Crippen molar-refractivity contribution in [3.05, 3.63) is 10.7 Å². The average molecular weight is 313 g/mol. The number of rotatable bonds is 5. The van der Waals surface area contributed by atoms with Crippen molar-refractivity contribution in [3.63, 3.8) is 0 Å². The van der Waals surface area contributed by atoms with Crippen molar-refractivity contribution in [1.82, 2.24) is 9.29 Å². The first kappa shape index (κ1) is 15.4. The van der Waals surface area contributed by atoms with Crippen molar-refractivity contribution in [3.8, 4) is 0 Å². The van der Waals surface area contributed by atoms with E-state index in [-0.39, 0.29) is 15.2 Å². The lowest BCUT2D eigenvalue weighted by atomic mass is 10.2. The fourth-order valence-electron chi connectivity index (χ4n) is 1.27. The predicted molar refractivity (Wildman–Crippen MR) is 68.1 cm³/mol. The van der Waals surface area contributed by atoms with Crippen LogP contribution in [0.25, 0.3) is 0 Å². The van der Waals surface area contributed by atoms with Gasteiger partial charge in [0.25, 0.3) is 10.0 Å². The number of carbonyl (C=O) groups is 1. The third-order valence-corrected chi connectivity index (χ3v) is 5.63. The summed E-state index contributed by atoms with van der Waals surface area (Å²) in [5, 5.41) is 0. The van der Waals surface area contributed by atoms with E-state index in [1.807, 2.05) is 0 Å². The highest BCUT2D eigenvalue weighted by molar-refractivity contribution is 7.91. The second kappa shape index (κ2) is 5.96. The number of ether oxygens (including phenoxy) is 1. The first-order valence-corrected chi connectivity index (χ1v) is 7.58. The zero-order valence-electron chi connectivity index (χ0n) is 10.1. The molecule has 1 unspecified atom stereocenters.